The summed E-state index contributed by atoms with van der Waals surface area (Å²) in [5, 5.41) is 4.34. The molecule has 1 heterocycles. The Balaban J connectivity index is 1.52. The quantitative estimate of drug-likeness (QED) is 0.706. The second-order valence-electron chi connectivity index (χ2n) is 6.71. The van der Waals surface area contributed by atoms with Crippen LogP contribution in [0.25, 0.3) is 0 Å². The lowest BCUT2D eigenvalue weighted by molar-refractivity contribution is -0.126. The zero-order valence-electron chi connectivity index (χ0n) is 16.2. The third-order valence-electron chi connectivity index (χ3n) is 4.41. The summed E-state index contributed by atoms with van der Waals surface area (Å²) < 4.78 is 13.0. The number of nitrogens with one attached hydrogen (secondary N) is 2. The summed E-state index contributed by atoms with van der Waals surface area (Å²) in [6.07, 6.45) is 0.328. The van der Waals surface area contributed by atoms with E-state index in [0.29, 0.717) is 17.7 Å². The van der Waals surface area contributed by atoms with Gasteiger partial charge in [-0.2, -0.15) is 0 Å². The first-order valence-corrected chi connectivity index (χ1v) is 10.1. The maximum Gasteiger partial charge on any atom is 0.289 e. The van der Waals surface area contributed by atoms with E-state index in [1.54, 1.807) is 30.3 Å². The van der Waals surface area contributed by atoms with E-state index in [9.17, 15) is 23.6 Å². The Labute approximate surface area is 177 Å². The first-order chi connectivity index (χ1) is 14.3. The number of amides is 4. The van der Waals surface area contributed by atoms with Gasteiger partial charge in [-0.25, -0.2) is 4.39 Å². The molecule has 0 aliphatic carbocycles. The van der Waals surface area contributed by atoms with Crippen LogP contribution in [0.4, 0.5) is 14.9 Å². The van der Waals surface area contributed by atoms with Gasteiger partial charge < -0.3 is 10.6 Å². The molecule has 0 radical (unpaired) electrons. The number of carbonyl (C=O) groups excluding carboxylic acids is 4. The second-order valence-corrected chi connectivity index (χ2v) is 7.86. The highest BCUT2D eigenvalue weighted by molar-refractivity contribution is 8.15. The number of benzene rings is 2. The van der Waals surface area contributed by atoms with Crippen molar-refractivity contribution in [3.63, 3.8) is 0 Å². The van der Waals surface area contributed by atoms with Crippen molar-refractivity contribution in [1.29, 1.82) is 0 Å². The molecule has 3 rings (SSSR count). The largest absolute Gasteiger partial charge is 0.350 e. The van der Waals surface area contributed by atoms with E-state index in [1.807, 2.05) is 0 Å². The van der Waals surface area contributed by atoms with Crippen LogP contribution in [0.3, 0.4) is 0 Å². The molecule has 1 atom stereocenters. The van der Waals surface area contributed by atoms with Gasteiger partial charge in [0.1, 0.15) is 5.82 Å². The molecule has 1 unspecified atom stereocenters. The fourth-order valence-corrected chi connectivity index (χ4v) is 4.05. The van der Waals surface area contributed by atoms with Crippen LogP contribution in [-0.4, -0.2) is 46.2 Å². The van der Waals surface area contributed by atoms with Crippen molar-refractivity contribution in [2.75, 3.05) is 18.4 Å². The molecule has 0 bridgehead atoms. The Morgan fingerprint density at radius 3 is 2.57 bits per heavy atom. The molecule has 1 aliphatic rings. The van der Waals surface area contributed by atoms with Crippen LogP contribution in [-0.2, 0) is 16.0 Å². The summed E-state index contributed by atoms with van der Waals surface area (Å²) in [5.41, 5.74) is 1.62. The number of rotatable bonds is 7. The van der Waals surface area contributed by atoms with Crippen molar-refractivity contribution in [2.45, 2.75) is 18.6 Å². The SMILES string of the molecule is CC(=O)Nc1cccc(C(=O)NCCN2C(=O)SC(Cc3ccc(F)cc3)C2=O)c1. The predicted octanol–water partition coefficient (Wildman–Crippen LogP) is 2.82. The summed E-state index contributed by atoms with van der Waals surface area (Å²) in [5.74, 6) is -1.31. The molecular weight excluding hydrogens is 409 g/mol. The van der Waals surface area contributed by atoms with Crippen LogP contribution >= 0.6 is 11.8 Å². The van der Waals surface area contributed by atoms with Crippen molar-refractivity contribution < 1.29 is 23.6 Å². The molecule has 0 saturated carbocycles. The predicted molar refractivity (Wildman–Crippen MR) is 112 cm³/mol. The molecule has 1 aliphatic heterocycles. The maximum atomic E-state index is 13.0. The number of nitrogens with zero attached hydrogens (tertiary/aromatic N) is 1. The van der Waals surface area contributed by atoms with E-state index >= 15 is 0 Å². The van der Waals surface area contributed by atoms with E-state index < -0.39 is 5.25 Å². The highest BCUT2D eigenvalue weighted by Gasteiger charge is 2.39. The van der Waals surface area contributed by atoms with Crippen LogP contribution in [0.1, 0.15) is 22.8 Å². The van der Waals surface area contributed by atoms with Crippen LogP contribution < -0.4 is 10.6 Å². The lowest BCUT2D eigenvalue weighted by Crippen LogP contribution is -2.39. The van der Waals surface area contributed by atoms with Gasteiger partial charge in [0.2, 0.25) is 11.8 Å². The Morgan fingerprint density at radius 1 is 1.13 bits per heavy atom. The van der Waals surface area contributed by atoms with Crippen molar-refractivity contribution >= 4 is 40.4 Å². The highest BCUT2D eigenvalue weighted by Crippen LogP contribution is 2.29. The van der Waals surface area contributed by atoms with E-state index in [2.05, 4.69) is 10.6 Å². The Bertz CT molecular complexity index is 980. The van der Waals surface area contributed by atoms with Crippen LogP contribution in [0, 0.1) is 5.82 Å². The second kappa shape index (κ2) is 9.53. The number of halogens is 1. The summed E-state index contributed by atoms with van der Waals surface area (Å²) in [6.45, 7) is 1.53. The van der Waals surface area contributed by atoms with Gasteiger partial charge >= 0.3 is 0 Å². The Kier molecular flexibility index (Phi) is 6.83. The van der Waals surface area contributed by atoms with Gasteiger partial charge in [-0.15, -0.1) is 0 Å². The molecule has 7 nitrogen and oxygen atoms in total. The minimum atomic E-state index is -0.562. The van der Waals surface area contributed by atoms with Crippen molar-refractivity contribution in [3.8, 4) is 0 Å². The molecular formula is C21H20FN3O4S. The lowest BCUT2D eigenvalue weighted by Gasteiger charge is -2.14. The topological polar surface area (TPSA) is 95.6 Å². The standard InChI is InChI=1S/C21H20FN3O4S/c1-13(26)24-17-4-2-3-15(12-17)19(27)23-9-10-25-20(28)18(30-21(25)29)11-14-5-7-16(22)8-6-14/h2-8,12,18H,9-11H2,1H3,(H,23,27)(H,24,26). The summed E-state index contributed by atoms with van der Waals surface area (Å²) in [6, 6.07) is 12.3. The normalized spacial score (nSPS) is 15.9. The Morgan fingerprint density at radius 2 is 1.87 bits per heavy atom. The van der Waals surface area contributed by atoms with Crippen molar-refractivity contribution in [2.24, 2.45) is 0 Å². The third kappa shape index (κ3) is 5.44. The minimum Gasteiger partial charge on any atom is -0.350 e. The van der Waals surface area contributed by atoms with Gasteiger partial charge in [0.05, 0.1) is 5.25 Å². The van der Waals surface area contributed by atoms with E-state index in [0.717, 1.165) is 22.2 Å². The lowest BCUT2D eigenvalue weighted by atomic mass is 10.1. The first kappa shape index (κ1) is 21.5. The molecule has 30 heavy (non-hydrogen) atoms. The van der Waals surface area contributed by atoms with Crippen LogP contribution in [0.15, 0.2) is 48.5 Å². The summed E-state index contributed by atoms with van der Waals surface area (Å²) in [4.78, 5) is 49.3. The molecule has 2 aromatic carbocycles. The molecule has 2 N–H and O–H groups in total. The smallest absolute Gasteiger partial charge is 0.289 e. The van der Waals surface area contributed by atoms with E-state index in [-0.39, 0.29) is 41.9 Å². The van der Waals surface area contributed by atoms with Crippen LogP contribution in [0.5, 0.6) is 0 Å². The van der Waals surface area contributed by atoms with Crippen molar-refractivity contribution in [1.82, 2.24) is 10.2 Å². The zero-order chi connectivity index (χ0) is 21.7. The number of thioether (sulfide) groups is 1. The Hall–Kier alpha value is -3.20. The monoisotopic (exact) mass is 429 g/mol. The third-order valence-corrected chi connectivity index (χ3v) is 5.48. The molecule has 156 valence electrons. The van der Waals surface area contributed by atoms with Gasteiger partial charge in [0.25, 0.3) is 11.1 Å². The summed E-state index contributed by atoms with van der Waals surface area (Å²) >= 11 is 0.934. The number of carbonyl (C=O) groups is 4. The maximum absolute atomic E-state index is 13.0. The number of hydrogen-bond donors (Lipinski definition) is 2. The van der Waals surface area contributed by atoms with Gasteiger partial charge in [0.15, 0.2) is 0 Å². The fraction of sp³-hybridized carbons (Fsp3) is 0.238. The van der Waals surface area contributed by atoms with Gasteiger partial charge in [-0.1, -0.05) is 30.0 Å². The average molecular weight is 429 g/mol. The number of imide groups is 1. The molecule has 1 fully saturated rings. The fourth-order valence-electron chi connectivity index (χ4n) is 2.99. The highest BCUT2D eigenvalue weighted by atomic mass is 32.2. The average Bonchev–Trinajstić information content (AvgIpc) is 2.96. The van der Waals surface area contributed by atoms with E-state index in [4.69, 9.17) is 0 Å². The van der Waals surface area contributed by atoms with Gasteiger partial charge in [-0.3, -0.25) is 24.1 Å². The number of hydrogen-bond acceptors (Lipinski definition) is 5. The number of anilines is 1. The summed E-state index contributed by atoms with van der Waals surface area (Å²) in [7, 11) is 0. The molecule has 1 saturated heterocycles. The molecule has 0 spiro atoms. The minimum absolute atomic E-state index is 0.0573. The molecule has 2 aromatic rings. The van der Waals surface area contributed by atoms with Crippen molar-refractivity contribution in [3.05, 3.63) is 65.5 Å². The van der Waals surface area contributed by atoms with Crippen LogP contribution in [0.2, 0.25) is 0 Å². The first-order valence-electron chi connectivity index (χ1n) is 9.26. The molecule has 0 aromatic heterocycles. The van der Waals surface area contributed by atoms with Gasteiger partial charge in [-0.05, 0) is 42.3 Å². The molecule has 9 heteroatoms. The van der Waals surface area contributed by atoms with Gasteiger partial charge in [0, 0.05) is 31.3 Å². The zero-order valence-corrected chi connectivity index (χ0v) is 17.0. The molecule has 4 amide bonds. The van der Waals surface area contributed by atoms with E-state index in [1.165, 1.54) is 25.1 Å².